The van der Waals surface area contributed by atoms with Crippen molar-refractivity contribution in [2.24, 2.45) is 4.99 Å². The molecule has 1 fully saturated rings. The number of guanidine groups is 1. The van der Waals surface area contributed by atoms with E-state index in [4.69, 9.17) is 8.83 Å². The molecule has 3 heterocycles. The maximum absolute atomic E-state index is 10.9. The molecule has 1 saturated heterocycles. The molecule has 0 saturated carbocycles. The van der Waals surface area contributed by atoms with Gasteiger partial charge in [0.25, 0.3) is 5.69 Å². The fourth-order valence-corrected chi connectivity index (χ4v) is 3.79. The molecule has 32 heavy (non-hydrogen) atoms. The highest BCUT2D eigenvalue weighted by atomic mass is 16.6. The van der Waals surface area contributed by atoms with E-state index in [-0.39, 0.29) is 11.7 Å². The first-order valence-electron chi connectivity index (χ1n) is 10.7. The first kappa shape index (κ1) is 21.6. The van der Waals surface area contributed by atoms with Crippen molar-refractivity contribution >= 4 is 11.6 Å². The van der Waals surface area contributed by atoms with E-state index in [1.807, 2.05) is 24.3 Å². The summed E-state index contributed by atoms with van der Waals surface area (Å²) in [6.07, 6.45) is 5.72. The second-order valence-corrected chi connectivity index (χ2v) is 7.68. The summed E-state index contributed by atoms with van der Waals surface area (Å²) < 4.78 is 11.1. The predicted molar refractivity (Wildman–Crippen MR) is 120 cm³/mol. The first-order valence-corrected chi connectivity index (χ1v) is 10.7. The lowest BCUT2D eigenvalue weighted by molar-refractivity contribution is -0.384. The van der Waals surface area contributed by atoms with Crippen molar-refractivity contribution in [3.05, 3.63) is 88.3 Å². The fraction of sp³-hybridized carbons (Fsp3) is 0.348. The maximum atomic E-state index is 10.9. The Hall–Kier alpha value is -3.59. The number of furan rings is 2. The monoisotopic (exact) mass is 437 g/mol. The number of likely N-dealkylation sites (tertiary alicyclic amines) is 1. The summed E-state index contributed by atoms with van der Waals surface area (Å²) in [6, 6.07) is 14.2. The smallest absolute Gasteiger partial charge is 0.269 e. The van der Waals surface area contributed by atoms with E-state index in [2.05, 4.69) is 20.5 Å². The van der Waals surface area contributed by atoms with Gasteiger partial charge >= 0.3 is 0 Å². The van der Waals surface area contributed by atoms with Crippen LogP contribution in [0, 0.1) is 10.1 Å². The number of hydrogen-bond acceptors (Lipinski definition) is 6. The Balaban J connectivity index is 1.45. The van der Waals surface area contributed by atoms with Crippen molar-refractivity contribution in [3.8, 4) is 0 Å². The van der Waals surface area contributed by atoms with Crippen LogP contribution in [0.2, 0.25) is 0 Å². The number of hydrogen-bond donors (Lipinski definition) is 2. The van der Waals surface area contributed by atoms with Gasteiger partial charge in [0.05, 0.1) is 36.6 Å². The normalized spacial score (nSPS) is 15.6. The van der Waals surface area contributed by atoms with Crippen molar-refractivity contribution in [3.63, 3.8) is 0 Å². The van der Waals surface area contributed by atoms with Crippen molar-refractivity contribution in [2.45, 2.75) is 32.0 Å². The molecule has 0 spiro atoms. The predicted octanol–water partition coefficient (Wildman–Crippen LogP) is 3.85. The standard InChI is InChI=1S/C23H27N5O4/c29-28(30)19-9-7-18(8-10-19)15-24-23(25-16-20-5-3-13-31-20)26-17-21(22-6-4-14-32-22)27-11-1-2-12-27/h3-10,13-14,21H,1-2,11-12,15-17H2,(H2,24,25,26). The molecule has 0 bridgehead atoms. The third kappa shape index (κ3) is 5.76. The lowest BCUT2D eigenvalue weighted by Gasteiger charge is -2.26. The van der Waals surface area contributed by atoms with Crippen LogP contribution in [0.3, 0.4) is 0 Å². The van der Waals surface area contributed by atoms with Crippen LogP contribution in [0.15, 0.2) is 74.9 Å². The average Bonchev–Trinajstić information content (AvgIpc) is 3.59. The molecule has 1 aliphatic heterocycles. The summed E-state index contributed by atoms with van der Waals surface area (Å²) in [5.74, 6) is 2.37. The molecule has 3 aromatic rings. The summed E-state index contributed by atoms with van der Waals surface area (Å²) >= 11 is 0. The van der Waals surface area contributed by atoms with Crippen LogP contribution in [0.4, 0.5) is 5.69 Å². The summed E-state index contributed by atoms with van der Waals surface area (Å²) in [7, 11) is 0. The largest absolute Gasteiger partial charge is 0.468 e. The van der Waals surface area contributed by atoms with Crippen LogP contribution in [-0.4, -0.2) is 35.4 Å². The molecule has 0 aliphatic carbocycles. The topological polar surface area (TPSA) is 109 Å². The first-order chi connectivity index (χ1) is 15.7. The molecular formula is C23H27N5O4. The molecule has 0 radical (unpaired) electrons. The molecule has 0 amide bonds. The minimum Gasteiger partial charge on any atom is -0.468 e. The molecule has 1 atom stereocenters. The van der Waals surface area contributed by atoms with Gasteiger partial charge in [0, 0.05) is 18.7 Å². The Bertz CT molecular complexity index is 994. The molecule has 1 aromatic carbocycles. The maximum Gasteiger partial charge on any atom is 0.269 e. The quantitative estimate of drug-likeness (QED) is 0.226. The van der Waals surface area contributed by atoms with Gasteiger partial charge in [-0.05, 0) is 55.8 Å². The summed E-state index contributed by atoms with van der Waals surface area (Å²) in [4.78, 5) is 17.6. The van der Waals surface area contributed by atoms with Gasteiger partial charge in [-0.3, -0.25) is 15.0 Å². The number of rotatable bonds is 9. The Labute approximate surface area is 186 Å². The summed E-state index contributed by atoms with van der Waals surface area (Å²) in [5, 5.41) is 17.6. The summed E-state index contributed by atoms with van der Waals surface area (Å²) in [6.45, 7) is 3.61. The fourth-order valence-electron chi connectivity index (χ4n) is 3.79. The van der Waals surface area contributed by atoms with Crippen molar-refractivity contribution in [1.29, 1.82) is 0 Å². The number of aliphatic imine (C=N–C) groups is 1. The van der Waals surface area contributed by atoms with Crippen LogP contribution in [0.5, 0.6) is 0 Å². The third-order valence-electron chi connectivity index (χ3n) is 5.49. The van der Waals surface area contributed by atoms with Crippen LogP contribution >= 0.6 is 0 Å². The minimum atomic E-state index is -0.405. The molecule has 9 nitrogen and oxygen atoms in total. The minimum absolute atomic E-state index is 0.0684. The zero-order valence-corrected chi connectivity index (χ0v) is 17.8. The SMILES string of the molecule is O=[N+]([O-])c1ccc(CN=C(NCc2ccco2)NCC(c2ccco2)N2CCCC2)cc1. The van der Waals surface area contributed by atoms with Crippen LogP contribution < -0.4 is 10.6 Å². The highest BCUT2D eigenvalue weighted by molar-refractivity contribution is 5.79. The van der Waals surface area contributed by atoms with Gasteiger partial charge in [0.1, 0.15) is 11.5 Å². The van der Waals surface area contributed by atoms with Crippen molar-refractivity contribution < 1.29 is 13.8 Å². The van der Waals surface area contributed by atoms with Gasteiger partial charge in [-0.25, -0.2) is 4.99 Å². The van der Waals surface area contributed by atoms with Crippen molar-refractivity contribution in [1.82, 2.24) is 15.5 Å². The van der Waals surface area contributed by atoms with E-state index < -0.39 is 4.92 Å². The van der Waals surface area contributed by atoms with Gasteiger partial charge in [-0.1, -0.05) is 12.1 Å². The molecule has 1 unspecified atom stereocenters. The van der Waals surface area contributed by atoms with E-state index in [0.717, 1.165) is 30.2 Å². The molecule has 9 heteroatoms. The second-order valence-electron chi connectivity index (χ2n) is 7.68. The van der Waals surface area contributed by atoms with Gasteiger partial charge in [0.15, 0.2) is 5.96 Å². The Morgan fingerprint density at radius 3 is 2.47 bits per heavy atom. The molecular weight excluding hydrogens is 410 g/mol. The average molecular weight is 438 g/mol. The van der Waals surface area contributed by atoms with Crippen LogP contribution in [-0.2, 0) is 13.1 Å². The number of non-ortho nitro benzene ring substituents is 1. The third-order valence-corrected chi connectivity index (χ3v) is 5.49. The van der Waals surface area contributed by atoms with Gasteiger partial charge in [0.2, 0.25) is 0 Å². The van der Waals surface area contributed by atoms with Crippen molar-refractivity contribution in [2.75, 3.05) is 19.6 Å². The Kier molecular flexibility index (Phi) is 7.19. The summed E-state index contributed by atoms with van der Waals surface area (Å²) in [5.41, 5.74) is 0.954. The highest BCUT2D eigenvalue weighted by Gasteiger charge is 2.25. The number of nitrogens with zero attached hydrogens (tertiary/aromatic N) is 3. The number of benzene rings is 1. The van der Waals surface area contributed by atoms with E-state index in [1.165, 1.54) is 25.0 Å². The lowest BCUT2D eigenvalue weighted by atomic mass is 10.2. The molecule has 1 aliphatic rings. The van der Waals surface area contributed by atoms with E-state index in [0.29, 0.717) is 25.6 Å². The second kappa shape index (κ2) is 10.6. The number of nitro groups is 1. The van der Waals surface area contributed by atoms with Gasteiger partial charge in [-0.2, -0.15) is 0 Å². The number of nitro benzene ring substituents is 1. The zero-order chi connectivity index (χ0) is 22.2. The molecule has 168 valence electrons. The van der Waals surface area contributed by atoms with E-state index >= 15 is 0 Å². The van der Waals surface area contributed by atoms with Gasteiger partial charge in [-0.15, -0.1) is 0 Å². The van der Waals surface area contributed by atoms with Crippen LogP contribution in [0.1, 0.15) is 36.0 Å². The Morgan fingerprint density at radius 1 is 1.06 bits per heavy atom. The van der Waals surface area contributed by atoms with E-state index in [9.17, 15) is 10.1 Å². The van der Waals surface area contributed by atoms with E-state index in [1.54, 1.807) is 24.7 Å². The lowest BCUT2D eigenvalue weighted by Crippen LogP contribution is -2.42. The number of nitrogens with one attached hydrogen (secondary N) is 2. The zero-order valence-electron chi connectivity index (χ0n) is 17.8. The van der Waals surface area contributed by atoms with Gasteiger partial charge < -0.3 is 19.5 Å². The molecule has 2 aromatic heterocycles. The van der Waals surface area contributed by atoms with Crippen LogP contribution in [0.25, 0.3) is 0 Å². The molecule has 2 N–H and O–H groups in total. The molecule has 4 rings (SSSR count). The Morgan fingerprint density at radius 2 is 1.81 bits per heavy atom. The highest BCUT2D eigenvalue weighted by Crippen LogP contribution is 2.24.